The molecule has 0 fully saturated rings. The highest BCUT2D eigenvalue weighted by Crippen LogP contribution is 2.26. The molecule has 0 aliphatic carbocycles. The lowest BCUT2D eigenvalue weighted by molar-refractivity contribution is 0.0602. The van der Waals surface area contributed by atoms with Crippen molar-refractivity contribution in [3.63, 3.8) is 0 Å². The highest BCUT2D eigenvalue weighted by Gasteiger charge is 2.18. The minimum atomic E-state index is -0.523. The zero-order valence-corrected chi connectivity index (χ0v) is 18.3. The molecule has 2 aromatic rings. The van der Waals surface area contributed by atoms with E-state index >= 15 is 0 Å². The van der Waals surface area contributed by atoms with Gasteiger partial charge >= 0.3 is 5.97 Å². The summed E-state index contributed by atoms with van der Waals surface area (Å²) in [4.78, 5) is 24.8. The van der Waals surface area contributed by atoms with E-state index in [1.165, 1.54) is 7.11 Å². The number of esters is 1. The number of nitrogens with one attached hydrogen (secondary N) is 1. The number of carbonyl (C=O) groups excluding carboxylic acids is 2. The van der Waals surface area contributed by atoms with Crippen molar-refractivity contribution >= 4 is 33.5 Å². The molecule has 0 heterocycles. The van der Waals surface area contributed by atoms with Crippen molar-refractivity contribution in [1.29, 1.82) is 0 Å². The fourth-order valence-corrected chi connectivity index (χ4v) is 2.79. The molecular weight excluding hydrogens is 422 g/mol. The van der Waals surface area contributed by atoms with Crippen LogP contribution in [0.15, 0.2) is 42.5 Å². The van der Waals surface area contributed by atoms with Gasteiger partial charge in [-0.15, -0.1) is 0 Å². The zero-order valence-electron chi connectivity index (χ0n) is 16.7. The van der Waals surface area contributed by atoms with Gasteiger partial charge in [-0.1, -0.05) is 48.8 Å². The summed E-state index contributed by atoms with van der Waals surface area (Å²) in [6, 6.07) is 12.4. The zero-order chi connectivity index (χ0) is 20.7. The third kappa shape index (κ3) is 5.83. The van der Waals surface area contributed by atoms with E-state index in [1.54, 1.807) is 30.3 Å². The average Bonchev–Trinajstić information content (AvgIpc) is 2.67. The van der Waals surface area contributed by atoms with Gasteiger partial charge in [0.2, 0.25) is 0 Å². The molecule has 0 bridgehead atoms. The lowest BCUT2D eigenvalue weighted by Crippen LogP contribution is -2.16. The Morgan fingerprint density at radius 2 is 1.75 bits per heavy atom. The van der Waals surface area contributed by atoms with Crippen LogP contribution in [-0.2, 0) is 10.2 Å². The van der Waals surface area contributed by atoms with Crippen LogP contribution in [0.3, 0.4) is 0 Å². The molecule has 0 aromatic heterocycles. The predicted molar refractivity (Wildman–Crippen MR) is 115 cm³/mol. The Bertz CT molecular complexity index is 825. The summed E-state index contributed by atoms with van der Waals surface area (Å²) in [6.45, 7) is 6.88. The summed E-state index contributed by atoms with van der Waals surface area (Å²) in [5.41, 5.74) is 2.28. The smallest absolute Gasteiger partial charge is 0.339 e. The number of amides is 1. The lowest BCUT2D eigenvalue weighted by Gasteiger charge is -2.19. The Balaban J connectivity index is 2.25. The van der Waals surface area contributed by atoms with Crippen LogP contribution in [0.5, 0.6) is 5.75 Å². The van der Waals surface area contributed by atoms with Crippen LogP contribution in [0.4, 0.5) is 5.69 Å². The number of halogens is 1. The van der Waals surface area contributed by atoms with Crippen LogP contribution in [0, 0.1) is 0 Å². The third-order valence-electron chi connectivity index (χ3n) is 4.20. The number of anilines is 1. The number of ether oxygens (including phenoxy) is 2. The number of rotatable bonds is 7. The monoisotopic (exact) mass is 447 g/mol. The summed E-state index contributed by atoms with van der Waals surface area (Å²) in [5.74, 6) is -0.249. The Labute approximate surface area is 174 Å². The van der Waals surface area contributed by atoms with Gasteiger partial charge < -0.3 is 14.8 Å². The van der Waals surface area contributed by atoms with Crippen molar-refractivity contribution in [2.24, 2.45) is 0 Å². The normalized spacial score (nSPS) is 11.0. The van der Waals surface area contributed by atoms with Gasteiger partial charge in [-0.25, -0.2) is 4.79 Å². The summed E-state index contributed by atoms with van der Waals surface area (Å²) < 4.78 is 10.5. The first-order valence-corrected chi connectivity index (χ1v) is 10.2. The maximum Gasteiger partial charge on any atom is 0.339 e. The van der Waals surface area contributed by atoms with Crippen LogP contribution >= 0.6 is 15.9 Å². The van der Waals surface area contributed by atoms with Crippen LogP contribution < -0.4 is 10.1 Å². The molecule has 28 heavy (non-hydrogen) atoms. The van der Waals surface area contributed by atoms with Crippen LogP contribution in [-0.4, -0.2) is 30.9 Å². The molecule has 6 heteroatoms. The molecule has 0 atom stereocenters. The van der Waals surface area contributed by atoms with Crippen molar-refractivity contribution in [2.75, 3.05) is 24.4 Å². The van der Waals surface area contributed by atoms with E-state index in [1.807, 2.05) is 12.1 Å². The van der Waals surface area contributed by atoms with Crippen LogP contribution in [0.2, 0.25) is 0 Å². The van der Waals surface area contributed by atoms with E-state index in [9.17, 15) is 9.59 Å². The van der Waals surface area contributed by atoms with E-state index in [0.717, 1.165) is 17.3 Å². The standard InChI is InChI=1S/C22H26BrNO4/c1-22(2,3)16-8-6-15(7-9-16)20(25)24-19-14-17(28-13-5-12-23)10-11-18(19)21(26)27-4/h6-11,14H,5,12-13H2,1-4H3,(H,24,25). The summed E-state index contributed by atoms with van der Waals surface area (Å²) >= 11 is 3.35. The third-order valence-corrected chi connectivity index (χ3v) is 4.77. The molecule has 1 N–H and O–H groups in total. The van der Waals surface area contributed by atoms with Gasteiger partial charge in [0.05, 0.1) is 25.0 Å². The first-order chi connectivity index (χ1) is 13.3. The van der Waals surface area contributed by atoms with E-state index < -0.39 is 5.97 Å². The molecule has 150 valence electrons. The molecule has 0 radical (unpaired) electrons. The van der Waals surface area contributed by atoms with E-state index in [0.29, 0.717) is 23.6 Å². The summed E-state index contributed by atoms with van der Waals surface area (Å²) in [5, 5.41) is 3.64. The number of benzene rings is 2. The van der Waals surface area contributed by atoms with Gasteiger partial charge in [-0.05, 0) is 41.7 Å². The molecule has 5 nitrogen and oxygen atoms in total. The molecule has 0 aliphatic rings. The molecule has 0 saturated carbocycles. The van der Waals surface area contributed by atoms with Crippen molar-refractivity contribution in [1.82, 2.24) is 0 Å². The van der Waals surface area contributed by atoms with Crippen molar-refractivity contribution in [3.05, 3.63) is 59.2 Å². The average molecular weight is 448 g/mol. The number of methoxy groups -OCH3 is 1. The van der Waals surface area contributed by atoms with Gasteiger partial charge in [0.1, 0.15) is 5.75 Å². The minimum absolute atomic E-state index is 0.00780. The molecular formula is C22H26BrNO4. The van der Waals surface area contributed by atoms with E-state index in [2.05, 4.69) is 42.0 Å². The fourth-order valence-electron chi connectivity index (χ4n) is 2.57. The molecule has 0 aliphatic heterocycles. The molecule has 2 aromatic carbocycles. The Morgan fingerprint density at radius 3 is 2.32 bits per heavy atom. The second kappa shape index (κ2) is 9.73. The Morgan fingerprint density at radius 1 is 1.07 bits per heavy atom. The quantitative estimate of drug-likeness (QED) is 0.360. The topological polar surface area (TPSA) is 64.6 Å². The number of alkyl halides is 1. The van der Waals surface area contributed by atoms with Crippen LogP contribution in [0.1, 0.15) is 53.5 Å². The van der Waals surface area contributed by atoms with Crippen molar-refractivity contribution < 1.29 is 19.1 Å². The van der Waals surface area contributed by atoms with Crippen molar-refractivity contribution in [2.45, 2.75) is 32.6 Å². The molecule has 0 unspecified atom stereocenters. The molecule has 0 saturated heterocycles. The first-order valence-electron chi connectivity index (χ1n) is 9.09. The molecule has 1 amide bonds. The van der Waals surface area contributed by atoms with Gasteiger partial charge in [-0.3, -0.25) is 4.79 Å². The predicted octanol–water partition coefficient (Wildman–Crippen LogP) is 5.19. The second-order valence-electron chi connectivity index (χ2n) is 7.37. The number of carbonyl (C=O) groups is 2. The minimum Gasteiger partial charge on any atom is -0.493 e. The molecule has 0 spiro atoms. The van der Waals surface area contributed by atoms with E-state index in [-0.39, 0.29) is 16.9 Å². The summed E-state index contributed by atoms with van der Waals surface area (Å²) in [7, 11) is 1.31. The highest BCUT2D eigenvalue weighted by molar-refractivity contribution is 9.09. The highest BCUT2D eigenvalue weighted by atomic mass is 79.9. The second-order valence-corrected chi connectivity index (χ2v) is 8.16. The Kier molecular flexibility index (Phi) is 7.63. The maximum atomic E-state index is 12.7. The van der Waals surface area contributed by atoms with Gasteiger partial charge in [0.15, 0.2) is 0 Å². The first kappa shape index (κ1) is 22.0. The van der Waals surface area contributed by atoms with Crippen molar-refractivity contribution in [3.8, 4) is 5.75 Å². The number of hydrogen-bond donors (Lipinski definition) is 1. The van der Waals surface area contributed by atoms with Gasteiger partial charge in [-0.2, -0.15) is 0 Å². The van der Waals surface area contributed by atoms with Gasteiger partial charge in [0, 0.05) is 17.0 Å². The maximum absolute atomic E-state index is 12.7. The number of hydrogen-bond acceptors (Lipinski definition) is 4. The largest absolute Gasteiger partial charge is 0.493 e. The van der Waals surface area contributed by atoms with Crippen LogP contribution in [0.25, 0.3) is 0 Å². The van der Waals surface area contributed by atoms with E-state index in [4.69, 9.17) is 9.47 Å². The fraction of sp³-hybridized carbons (Fsp3) is 0.364. The lowest BCUT2D eigenvalue weighted by atomic mass is 9.86. The molecule has 2 rings (SSSR count). The van der Waals surface area contributed by atoms with Gasteiger partial charge in [0.25, 0.3) is 5.91 Å². The SMILES string of the molecule is COC(=O)c1ccc(OCCCBr)cc1NC(=O)c1ccc(C(C)(C)C)cc1. The summed E-state index contributed by atoms with van der Waals surface area (Å²) in [6.07, 6.45) is 0.848. The Hall–Kier alpha value is -2.34.